The number of aliphatic imine (C=N–C) groups is 2. The molecule has 1 aromatic heterocycles. The van der Waals surface area contributed by atoms with Crippen molar-refractivity contribution in [1.82, 2.24) is 5.32 Å². The summed E-state index contributed by atoms with van der Waals surface area (Å²) in [6.07, 6.45) is -0.514. The zero-order chi connectivity index (χ0) is 27.2. The number of fused-ring (bicyclic) bond motifs is 4. The summed E-state index contributed by atoms with van der Waals surface area (Å²) < 4.78 is 6.73. The van der Waals surface area contributed by atoms with Crippen LogP contribution in [0.2, 0.25) is 0 Å². The van der Waals surface area contributed by atoms with Gasteiger partial charge in [-0.1, -0.05) is 133 Å². The highest BCUT2D eigenvalue weighted by Gasteiger charge is 2.28. The molecule has 194 valence electrons. The van der Waals surface area contributed by atoms with Gasteiger partial charge in [0.1, 0.15) is 22.8 Å². The lowest BCUT2D eigenvalue weighted by Crippen LogP contribution is -2.36. The van der Waals surface area contributed by atoms with Gasteiger partial charge in [0.25, 0.3) is 0 Å². The minimum absolute atomic E-state index is 0.514. The summed E-state index contributed by atoms with van der Waals surface area (Å²) in [5.74, 6) is 1.56. The normalized spacial score (nSPS) is 13.8. The highest BCUT2D eigenvalue weighted by Crippen LogP contribution is 2.47. The Hall–Kier alpha value is -5.48. The summed E-state index contributed by atoms with van der Waals surface area (Å²) in [7, 11) is 0. The van der Waals surface area contributed by atoms with Crippen LogP contribution in [0.25, 0.3) is 43.8 Å². The largest absolute Gasteiger partial charge is 0.456 e. The Balaban J connectivity index is 1.49. The van der Waals surface area contributed by atoms with Crippen molar-refractivity contribution in [2.24, 2.45) is 9.98 Å². The lowest BCUT2D eigenvalue weighted by atomic mass is 9.89. The van der Waals surface area contributed by atoms with E-state index in [0.29, 0.717) is 0 Å². The summed E-state index contributed by atoms with van der Waals surface area (Å²) >= 11 is 0. The van der Waals surface area contributed by atoms with E-state index in [2.05, 4.69) is 96.3 Å². The minimum Gasteiger partial charge on any atom is -0.456 e. The maximum absolute atomic E-state index is 6.73. The number of hydrogen-bond acceptors (Lipinski definition) is 4. The molecule has 1 N–H and O–H groups in total. The first-order chi connectivity index (χ1) is 20.3. The number of para-hydroxylation sites is 1. The van der Waals surface area contributed by atoms with Crippen LogP contribution in [0.3, 0.4) is 0 Å². The van der Waals surface area contributed by atoms with Gasteiger partial charge in [0.15, 0.2) is 6.17 Å². The lowest BCUT2D eigenvalue weighted by Gasteiger charge is -2.24. The highest BCUT2D eigenvalue weighted by atomic mass is 16.3. The molecule has 6 aromatic carbocycles. The number of benzene rings is 6. The van der Waals surface area contributed by atoms with E-state index in [9.17, 15) is 0 Å². The molecule has 1 aliphatic heterocycles. The summed E-state index contributed by atoms with van der Waals surface area (Å²) in [5.41, 5.74) is 6.97. The molecule has 8 rings (SSSR count). The Morgan fingerprint density at radius 2 is 0.976 bits per heavy atom. The summed E-state index contributed by atoms with van der Waals surface area (Å²) in [5, 5.41) is 7.92. The second kappa shape index (κ2) is 9.61. The molecule has 0 saturated carbocycles. The summed E-state index contributed by atoms with van der Waals surface area (Å²) in [6, 6.07) is 47.9. The SMILES string of the molecule is c1ccc(C2=NC(c3c4ccccc4c(-c4ccccc4)c4c3oc3ccccc34)N=C(c3ccccc3)N2)cc1. The van der Waals surface area contributed by atoms with Crippen LogP contribution in [0.5, 0.6) is 0 Å². The quantitative estimate of drug-likeness (QED) is 0.248. The van der Waals surface area contributed by atoms with Gasteiger partial charge in [-0.2, -0.15) is 0 Å². The molecule has 0 fully saturated rings. The average molecular weight is 528 g/mol. The van der Waals surface area contributed by atoms with Crippen molar-refractivity contribution in [1.29, 1.82) is 0 Å². The molecule has 0 atom stereocenters. The fourth-order valence-electron chi connectivity index (χ4n) is 5.90. The third-order valence-corrected chi connectivity index (χ3v) is 7.73. The molecule has 1 aliphatic rings. The van der Waals surface area contributed by atoms with E-state index in [1.54, 1.807) is 0 Å². The monoisotopic (exact) mass is 527 g/mol. The van der Waals surface area contributed by atoms with E-state index < -0.39 is 6.17 Å². The first-order valence-corrected chi connectivity index (χ1v) is 13.8. The molecule has 0 aliphatic carbocycles. The Bertz CT molecular complexity index is 2060. The number of furan rings is 1. The predicted molar refractivity (Wildman–Crippen MR) is 168 cm³/mol. The van der Waals surface area contributed by atoms with Gasteiger partial charge in [0, 0.05) is 33.0 Å². The summed E-state index contributed by atoms with van der Waals surface area (Å²) in [6.45, 7) is 0. The zero-order valence-corrected chi connectivity index (χ0v) is 22.2. The Kier molecular flexibility index (Phi) is 5.49. The first-order valence-electron chi connectivity index (χ1n) is 13.8. The van der Waals surface area contributed by atoms with Crippen LogP contribution in [-0.2, 0) is 0 Å². The molecule has 4 heteroatoms. The van der Waals surface area contributed by atoms with Crippen molar-refractivity contribution < 1.29 is 4.42 Å². The zero-order valence-electron chi connectivity index (χ0n) is 22.2. The molecule has 0 unspecified atom stereocenters. The van der Waals surface area contributed by atoms with Gasteiger partial charge in [-0.25, -0.2) is 9.98 Å². The Labute approximate surface area is 237 Å². The number of nitrogens with zero attached hydrogens (tertiary/aromatic N) is 2. The van der Waals surface area contributed by atoms with Crippen LogP contribution in [0, 0.1) is 0 Å². The smallest absolute Gasteiger partial charge is 0.173 e. The molecule has 4 nitrogen and oxygen atoms in total. The highest BCUT2D eigenvalue weighted by molar-refractivity contribution is 6.23. The lowest BCUT2D eigenvalue weighted by molar-refractivity contribution is 0.651. The van der Waals surface area contributed by atoms with E-state index in [1.807, 2.05) is 48.5 Å². The van der Waals surface area contributed by atoms with Gasteiger partial charge in [0.05, 0.1) is 0 Å². The topological polar surface area (TPSA) is 49.9 Å². The standard InChI is InChI=1S/C37H25N3O/c1-4-14-24(15-5-1)31-27-20-10-11-21-28(27)33(34-32(31)29-22-12-13-23-30(29)41-34)37-39-35(25-16-6-2-7-17-25)38-36(40-37)26-18-8-3-9-19-26/h1-23,37H,(H,38,39,40). The molecule has 41 heavy (non-hydrogen) atoms. The van der Waals surface area contributed by atoms with Gasteiger partial charge >= 0.3 is 0 Å². The van der Waals surface area contributed by atoms with Crippen LogP contribution >= 0.6 is 0 Å². The van der Waals surface area contributed by atoms with Crippen LogP contribution in [0.15, 0.2) is 154 Å². The van der Waals surface area contributed by atoms with Crippen molar-refractivity contribution in [3.05, 3.63) is 156 Å². The first kappa shape index (κ1) is 23.4. The van der Waals surface area contributed by atoms with Crippen LogP contribution < -0.4 is 5.32 Å². The van der Waals surface area contributed by atoms with Crippen LogP contribution in [-0.4, -0.2) is 11.7 Å². The van der Waals surface area contributed by atoms with Crippen molar-refractivity contribution in [3.8, 4) is 11.1 Å². The van der Waals surface area contributed by atoms with Gasteiger partial charge in [0.2, 0.25) is 0 Å². The maximum atomic E-state index is 6.73. The number of rotatable bonds is 4. The van der Waals surface area contributed by atoms with Crippen molar-refractivity contribution >= 4 is 44.4 Å². The number of nitrogens with one attached hydrogen (secondary N) is 1. The van der Waals surface area contributed by atoms with E-state index >= 15 is 0 Å². The van der Waals surface area contributed by atoms with Crippen molar-refractivity contribution in [3.63, 3.8) is 0 Å². The van der Waals surface area contributed by atoms with Crippen LogP contribution in [0.1, 0.15) is 22.9 Å². The van der Waals surface area contributed by atoms with Gasteiger partial charge in [-0.05, 0) is 22.4 Å². The van der Waals surface area contributed by atoms with Crippen molar-refractivity contribution in [2.75, 3.05) is 0 Å². The third-order valence-electron chi connectivity index (χ3n) is 7.73. The van der Waals surface area contributed by atoms with Crippen molar-refractivity contribution in [2.45, 2.75) is 6.17 Å². The maximum Gasteiger partial charge on any atom is 0.173 e. The molecule has 0 saturated heterocycles. The second-order valence-corrected chi connectivity index (χ2v) is 10.2. The Morgan fingerprint density at radius 3 is 1.59 bits per heavy atom. The molecule has 0 radical (unpaired) electrons. The predicted octanol–water partition coefficient (Wildman–Crippen LogP) is 8.90. The van der Waals surface area contributed by atoms with Gasteiger partial charge in [-0.15, -0.1) is 0 Å². The number of hydrogen-bond donors (Lipinski definition) is 1. The minimum atomic E-state index is -0.514. The second-order valence-electron chi connectivity index (χ2n) is 10.2. The molecule has 7 aromatic rings. The van der Waals surface area contributed by atoms with E-state index in [0.717, 1.165) is 66.6 Å². The Morgan fingerprint density at radius 1 is 0.488 bits per heavy atom. The molecular formula is C37H25N3O. The fourth-order valence-corrected chi connectivity index (χ4v) is 5.90. The van der Waals surface area contributed by atoms with E-state index in [1.165, 1.54) is 5.56 Å². The van der Waals surface area contributed by atoms with E-state index in [-0.39, 0.29) is 0 Å². The average Bonchev–Trinajstić information content (AvgIpc) is 3.43. The fraction of sp³-hybridized carbons (Fsp3) is 0.0270. The number of amidine groups is 2. The molecule has 0 bridgehead atoms. The molecule has 0 amide bonds. The summed E-state index contributed by atoms with van der Waals surface area (Å²) in [4.78, 5) is 10.5. The third kappa shape index (κ3) is 3.92. The molecule has 0 spiro atoms. The molecule has 2 heterocycles. The van der Waals surface area contributed by atoms with Gasteiger partial charge < -0.3 is 9.73 Å². The van der Waals surface area contributed by atoms with E-state index in [4.69, 9.17) is 14.4 Å². The van der Waals surface area contributed by atoms with Crippen LogP contribution in [0.4, 0.5) is 0 Å². The molecular weight excluding hydrogens is 502 g/mol. The van der Waals surface area contributed by atoms with Gasteiger partial charge in [-0.3, -0.25) is 0 Å².